The third-order valence-electron chi connectivity index (χ3n) is 3.12. The molecule has 4 nitrogen and oxygen atoms in total. The predicted molar refractivity (Wildman–Crippen MR) is 65.4 cm³/mol. The fraction of sp³-hybridized carbons (Fsp3) is 0.500. The summed E-state index contributed by atoms with van der Waals surface area (Å²) in [4.78, 5) is 11.5. The van der Waals surface area contributed by atoms with Gasteiger partial charge in [-0.3, -0.25) is 5.21 Å². The average Bonchev–Trinajstić information content (AvgIpc) is 2.78. The monoisotopic (exact) mass is 254 g/mol. The maximum Gasteiger partial charge on any atom is 0.337 e. The van der Waals surface area contributed by atoms with Crippen LogP contribution in [0.5, 0.6) is 0 Å². The van der Waals surface area contributed by atoms with Gasteiger partial charge in [-0.25, -0.2) is 4.79 Å². The number of thiophene rings is 1. The summed E-state index contributed by atoms with van der Waals surface area (Å²) in [6, 6.07) is 1.69. The van der Waals surface area contributed by atoms with E-state index >= 15 is 0 Å². The first kappa shape index (κ1) is 12.1. The van der Waals surface area contributed by atoms with Crippen molar-refractivity contribution in [1.29, 1.82) is 0 Å². The van der Waals surface area contributed by atoms with Gasteiger partial charge in [0, 0.05) is 12.8 Å². The first-order valence-electron chi connectivity index (χ1n) is 5.81. The minimum Gasteiger partial charge on any atom is -0.478 e. The molecule has 0 spiro atoms. The Balaban J connectivity index is 2.16. The number of carboxylic acid groups (broad SMARTS) is 1. The lowest BCUT2D eigenvalue weighted by atomic mass is 9.96. The predicted octanol–water partition coefficient (Wildman–Crippen LogP) is 2.60. The van der Waals surface area contributed by atoms with Crippen molar-refractivity contribution in [2.45, 2.75) is 38.1 Å². The zero-order valence-corrected chi connectivity index (χ0v) is 10.3. The largest absolute Gasteiger partial charge is 0.478 e. The van der Waals surface area contributed by atoms with E-state index in [1.807, 2.05) is 0 Å². The summed E-state index contributed by atoms with van der Waals surface area (Å²) in [5.41, 5.74) is 0.254. The number of nitrogens with zero attached hydrogens (tertiary/aromatic N) is 1. The minimum atomic E-state index is -0.949. The number of aromatic carboxylic acids is 1. The van der Waals surface area contributed by atoms with Crippen molar-refractivity contribution in [1.82, 2.24) is 0 Å². The van der Waals surface area contributed by atoms with Crippen molar-refractivity contribution in [2.75, 3.05) is 0 Å². The van der Waals surface area contributed by atoms with Crippen LogP contribution in [0, 0.1) is 0 Å². The van der Waals surface area contributed by atoms with E-state index in [0.717, 1.165) is 25.7 Å². The third kappa shape index (κ3) is 2.85. The highest BCUT2D eigenvalue weighted by Crippen LogP contribution is 2.20. The van der Waals surface area contributed by atoms with Crippen LogP contribution in [0.1, 0.15) is 47.3 Å². The van der Waals surface area contributed by atoms with Gasteiger partial charge in [-0.2, -0.15) is 0 Å². The maximum atomic E-state index is 10.9. The Kier molecular flexibility index (Phi) is 3.78. The molecule has 1 heterocycles. The summed E-state index contributed by atoms with van der Waals surface area (Å²) >= 11 is 1.33. The van der Waals surface area contributed by atoms with Gasteiger partial charge < -0.3 is 5.11 Å². The second-order valence-electron chi connectivity index (χ2n) is 4.30. The normalized spacial score (nSPS) is 18.2. The number of carboxylic acids is 1. The highest BCUT2D eigenvalue weighted by atomic mass is 32.1. The van der Waals surface area contributed by atoms with Crippen LogP contribution in [-0.4, -0.2) is 33.3 Å². The highest BCUT2D eigenvalue weighted by molar-refractivity contribution is 7.12. The smallest absolute Gasteiger partial charge is 0.337 e. The molecule has 1 aliphatic carbocycles. The van der Waals surface area contributed by atoms with Gasteiger partial charge in [0.1, 0.15) is 4.88 Å². The SMILES string of the molecule is O=C(O)c1ccsc1/C=[N+](\O)C1CCCCC1. The molecule has 5 heteroatoms. The van der Waals surface area contributed by atoms with E-state index in [1.165, 1.54) is 22.5 Å². The zero-order valence-electron chi connectivity index (χ0n) is 9.50. The maximum absolute atomic E-state index is 10.9. The highest BCUT2D eigenvalue weighted by Gasteiger charge is 2.25. The van der Waals surface area contributed by atoms with E-state index in [0.29, 0.717) is 4.88 Å². The standard InChI is InChI=1S/C12H15NO3S/c14-12(15)10-6-7-17-11(10)8-13(16)9-4-2-1-3-5-9/h6-9H,1-5H2,(H-,14,15,16)/p+1/b13-8-. The van der Waals surface area contributed by atoms with Crippen LogP contribution in [-0.2, 0) is 0 Å². The minimum absolute atomic E-state index is 0.132. The van der Waals surface area contributed by atoms with E-state index in [-0.39, 0.29) is 11.6 Å². The molecule has 17 heavy (non-hydrogen) atoms. The van der Waals surface area contributed by atoms with Gasteiger partial charge in [0.15, 0.2) is 0 Å². The van der Waals surface area contributed by atoms with Crippen LogP contribution in [0.2, 0.25) is 0 Å². The Morgan fingerprint density at radius 2 is 2.12 bits per heavy atom. The quantitative estimate of drug-likeness (QED) is 0.377. The summed E-state index contributed by atoms with van der Waals surface area (Å²) in [6.07, 6.45) is 6.98. The molecular weight excluding hydrogens is 238 g/mol. The number of rotatable bonds is 3. The molecule has 0 aromatic carbocycles. The van der Waals surface area contributed by atoms with Crippen LogP contribution >= 0.6 is 11.3 Å². The average molecular weight is 254 g/mol. The van der Waals surface area contributed by atoms with E-state index in [2.05, 4.69) is 0 Å². The fourth-order valence-corrected chi connectivity index (χ4v) is 2.97. The Hall–Kier alpha value is -1.36. The molecule has 1 aromatic rings. The van der Waals surface area contributed by atoms with E-state index in [4.69, 9.17) is 5.11 Å². The van der Waals surface area contributed by atoms with Crippen LogP contribution in [0.15, 0.2) is 11.4 Å². The summed E-state index contributed by atoms with van der Waals surface area (Å²) < 4.78 is 1.19. The van der Waals surface area contributed by atoms with E-state index < -0.39 is 5.97 Å². The van der Waals surface area contributed by atoms with Crippen LogP contribution in [0.4, 0.5) is 0 Å². The molecule has 92 valence electrons. The lowest BCUT2D eigenvalue weighted by molar-refractivity contribution is -0.797. The van der Waals surface area contributed by atoms with Gasteiger partial charge in [0.05, 0.1) is 5.56 Å². The molecule has 1 saturated carbocycles. The molecule has 0 saturated heterocycles. The molecule has 2 rings (SSSR count). The van der Waals surface area contributed by atoms with Crippen LogP contribution < -0.4 is 0 Å². The molecule has 0 bridgehead atoms. The van der Waals surface area contributed by atoms with E-state index in [9.17, 15) is 10.0 Å². The zero-order chi connectivity index (χ0) is 12.3. The molecule has 1 aliphatic rings. The van der Waals surface area contributed by atoms with Crippen molar-refractivity contribution < 1.29 is 19.8 Å². The number of hydroxylamine groups is 1. The van der Waals surface area contributed by atoms with Crippen LogP contribution in [0.25, 0.3) is 0 Å². The summed E-state index contributed by atoms with van der Waals surface area (Å²) in [7, 11) is 0. The first-order chi connectivity index (χ1) is 8.18. The number of hydrogen-bond acceptors (Lipinski definition) is 3. The Labute approximate surface area is 104 Å². The molecule has 2 N–H and O–H groups in total. The van der Waals surface area contributed by atoms with Crippen molar-refractivity contribution >= 4 is 23.5 Å². The second kappa shape index (κ2) is 5.31. The molecule has 1 aromatic heterocycles. The molecule has 0 atom stereocenters. The Morgan fingerprint density at radius 3 is 2.76 bits per heavy atom. The second-order valence-corrected chi connectivity index (χ2v) is 5.25. The molecule has 1 fully saturated rings. The van der Waals surface area contributed by atoms with E-state index in [1.54, 1.807) is 17.7 Å². The Morgan fingerprint density at radius 1 is 1.41 bits per heavy atom. The third-order valence-corrected chi connectivity index (χ3v) is 3.98. The fourth-order valence-electron chi connectivity index (χ4n) is 2.17. The van der Waals surface area contributed by atoms with Gasteiger partial charge in [-0.15, -0.1) is 11.3 Å². The first-order valence-corrected chi connectivity index (χ1v) is 6.69. The molecule has 0 unspecified atom stereocenters. The lowest BCUT2D eigenvalue weighted by Gasteiger charge is -2.14. The van der Waals surface area contributed by atoms with Gasteiger partial charge >= 0.3 is 5.97 Å². The van der Waals surface area contributed by atoms with Gasteiger partial charge in [-0.1, -0.05) is 6.42 Å². The van der Waals surface area contributed by atoms with Gasteiger partial charge in [-0.05, 0) is 29.0 Å². The molecule has 0 aliphatic heterocycles. The lowest BCUT2D eigenvalue weighted by Crippen LogP contribution is -2.27. The number of hydrogen-bond donors (Lipinski definition) is 2. The molecule has 0 radical (unpaired) electrons. The summed E-state index contributed by atoms with van der Waals surface area (Å²) in [6.45, 7) is 0. The summed E-state index contributed by atoms with van der Waals surface area (Å²) in [5.74, 6) is -0.949. The van der Waals surface area contributed by atoms with Gasteiger partial charge in [0.2, 0.25) is 12.3 Å². The topological polar surface area (TPSA) is 60.5 Å². The van der Waals surface area contributed by atoms with Crippen molar-refractivity contribution in [3.05, 3.63) is 21.9 Å². The molecule has 0 amide bonds. The number of carbonyl (C=O) groups is 1. The van der Waals surface area contributed by atoms with Crippen LogP contribution in [0.3, 0.4) is 0 Å². The van der Waals surface area contributed by atoms with Crippen molar-refractivity contribution in [3.8, 4) is 0 Å². The Bertz CT molecular complexity index is 433. The van der Waals surface area contributed by atoms with Crippen molar-refractivity contribution in [2.24, 2.45) is 0 Å². The van der Waals surface area contributed by atoms with Crippen molar-refractivity contribution in [3.63, 3.8) is 0 Å². The molecular formula is C12H16NO3S+. The van der Waals surface area contributed by atoms with Gasteiger partial charge in [0.25, 0.3) is 0 Å². The summed E-state index contributed by atoms with van der Waals surface area (Å²) in [5, 5.41) is 20.6.